The lowest BCUT2D eigenvalue weighted by atomic mass is 9.99. The zero-order valence-electron chi connectivity index (χ0n) is 17.5. The third kappa shape index (κ3) is 4.30. The van der Waals surface area contributed by atoms with E-state index in [2.05, 4.69) is 15.3 Å². The number of anilines is 1. The highest BCUT2D eigenvalue weighted by atomic mass is 35.5. The van der Waals surface area contributed by atoms with E-state index in [1.165, 1.54) is 6.33 Å². The number of aliphatic hydroxyl groups is 3. The molecular weight excluding hydrogens is 440 g/mol. The van der Waals surface area contributed by atoms with E-state index in [4.69, 9.17) is 25.8 Å². The van der Waals surface area contributed by atoms with Crippen LogP contribution >= 0.6 is 11.6 Å². The van der Waals surface area contributed by atoms with Gasteiger partial charge in [-0.2, -0.15) is 0 Å². The van der Waals surface area contributed by atoms with Crippen LogP contribution in [-0.2, 0) is 14.2 Å². The van der Waals surface area contributed by atoms with Crippen LogP contribution in [0, 0.1) is 0 Å². The summed E-state index contributed by atoms with van der Waals surface area (Å²) in [5.74, 6) is 0.554. The molecule has 172 valence electrons. The number of nitrogens with zero attached hydrogens (tertiary/aromatic N) is 3. The van der Waals surface area contributed by atoms with Crippen molar-refractivity contribution in [3.05, 3.63) is 53.4 Å². The Morgan fingerprint density at radius 3 is 2.53 bits per heavy atom. The molecule has 1 aliphatic rings. The Balaban J connectivity index is 1.57. The lowest BCUT2D eigenvalue weighted by Crippen LogP contribution is -2.34. The predicted octanol–water partition coefficient (Wildman–Crippen LogP) is 1.47. The summed E-state index contributed by atoms with van der Waals surface area (Å²) in [5.41, 5.74) is 1.01. The second kappa shape index (κ2) is 9.67. The van der Waals surface area contributed by atoms with Crippen molar-refractivity contribution in [3.63, 3.8) is 0 Å². The molecule has 10 nitrogen and oxygen atoms in total. The maximum atomic E-state index is 10.7. The quantitative estimate of drug-likeness (QED) is 0.366. The number of fused-ring (bicyclic) bond motifs is 1. The van der Waals surface area contributed by atoms with Gasteiger partial charge >= 0.3 is 0 Å². The molecule has 4 N–H and O–H groups in total. The lowest BCUT2D eigenvalue weighted by Gasteiger charge is -2.21. The van der Waals surface area contributed by atoms with Gasteiger partial charge in [0, 0.05) is 25.4 Å². The van der Waals surface area contributed by atoms with Gasteiger partial charge in [0.1, 0.15) is 42.2 Å². The van der Waals surface area contributed by atoms with E-state index in [-0.39, 0.29) is 0 Å². The molecule has 0 unspecified atom stereocenters. The van der Waals surface area contributed by atoms with Gasteiger partial charge in [-0.1, -0.05) is 23.7 Å². The SMILES string of the molecule is COC(CNc1ncnc2c1ccn2[C@@H]1O[C@H]([C@H](O)c2ccc(Cl)cc2)[C@@H](O)[C@H]1O)OC. The summed E-state index contributed by atoms with van der Waals surface area (Å²) in [4.78, 5) is 8.57. The number of benzene rings is 1. The highest BCUT2D eigenvalue weighted by Crippen LogP contribution is 2.38. The minimum atomic E-state index is -1.31. The van der Waals surface area contributed by atoms with Crippen molar-refractivity contribution in [1.29, 1.82) is 0 Å². The predicted molar refractivity (Wildman–Crippen MR) is 116 cm³/mol. The zero-order chi connectivity index (χ0) is 22.8. The van der Waals surface area contributed by atoms with Crippen molar-refractivity contribution in [2.24, 2.45) is 0 Å². The summed E-state index contributed by atoms with van der Waals surface area (Å²) in [6, 6.07) is 8.34. The molecule has 4 rings (SSSR count). The third-order valence-corrected chi connectivity index (χ3v) is 5.80. The fraction of sp³-hybridized carbons (Fsp3) is 0.429. The number of nitrogens with one attached hydrogen (secondary N) is 1. The van der Waals surface area contributed by atoms with Crippen LogP contribution in [0.2, 0.25) is 5.02 Å². The summed E-state index contributed by atoms with van der Waals surface area (Å²) in [5, 5.41) is 36.4. The van der Waals surface area contributed by atoms with E-state index in [0.717, 1.165) is 0 Å². The number of methoxy groups -OCH3 is 2. The second-order valence-electron chi connectivity index (χ2n) is 7.43. The van der Waals surface area contributed by atoms with Crippen LogP contribution in [0.25, 0.3) is 11.0 Å². The van der Waals surface area contributed by atoms with Crippen LogP contribution in [0.4, 0.5) is 5.82 Å². The summed E-state index contributed by atoms with van der Waals surface area (Å²) >= 11 is 5.91. The van der Waals surface area contributed by atoms with Gasteiger partial charge in [0.15, 0.2) is 12.5 Å². The first-order chi connectivity index (χ1) is 15.4. The molecular formula is C21H25ClN4O6. The van der Waals surface area contributed by atoms with Gasteiger partial charge in [0.25, 0.3) is 0 Å². The van der Waals surface area contributed by atoms with E-state index in [1.54, 1.807) is 55.3 Å². The van der Waals surface area contributed by atoms with Gasteiger partial charge in [0.2, 0.25) is 0 Å². The van der Waals surface area contributed by atoms with Crippen molar-refractivity contribution in [1.82, 2.24) is 14.5 Å². The van der Waals surface area contributed by atoms with Gasteiger partial charge in [-0.3, -0.25) is 0 Å². The highest BCUT2D eigenvalue weighted by Gasteiger charge is 2.47. The van der Waals surface area contributed by atoms with E-state index in [1.807, 2.05) is 0 Å². The van der Waals surface area contributed by atoms with Gasteiger partial charge in [-0.25, -0.2) is 9.97 Å². The minimum absolute atomic E-state index is 0.362. The average Bonchev–Trinajstić information content (AvgIpc) is 3.36. The summed E-state index contributed by atoms with van der Waals surface area (Å²) < 4.78 is 17.9. The van der Waals surface area contributed by atoms with Crippen LogP contribution in [0.15, 0.2) is 42.9 Å². The zero-order valence-corrected chi connectivity index (χ0v) is 18.3. The fourth-order valence-electron chi connectivity index (χ4n) is 3.79. The largest absolute Gasteiger partial charge is 0.387 e. The second-order valence-corrected chi connectivity index (χ2v) is 7.87. The number of aliphatic hydroxyl groups excluding tert-OH is 3. The standard InChI is InChI=1S/C21H25ClN4O6/c1-30-14(31-2)9-23-19-13-7-8-26(20(13)25-10-24-19)21-17(29)16(28)18(32-21)15(27)11-3-5-12(22)6-4-11/h3-8,10,14-18,21,27-29H,9H2,1-2H3,(H,23,24,25)/t15-,16+,17-,18-,21-/m1/s1. The van der Waals surface area contributed by atoms with Gasteiger partial charge in [-0.15, -0.1) is 0 Å². The molecule has 1 saturated heterocycles. The van der Waals surface area contributed by atoms with Crippen LogP contribution in [-0.4, -0.2) is 75.2 Å². The van der Waals surface area contributed by atoms with Crippen LogP contribution in [0.5, 0.6) is 0 Å². The summed E-state index contributed by atoms with van der Waals surface area (Å²) in [7, 11) is 3.09. The Morgan fingerprint density at radius 1 is 1.12 bits per heavy atom. The molecule has 0 saturated carbocycles. The molecule has 2 aromatic heterocycles. The lowest BCUT2D eigenvalue weighted by molar-refractivity contribution is -0.0914. The van der Waals surface area contributed by atoms with Crippen molar-refractivity contribution >= 4 is 28.5 Å². The maximum Gasteiger partial charge on any atom is 0.173 e. The molecule has 0 aliphatic carbocycles. The Morgan fingerprint density at radius 2 is 1.84 bits per heavy atom. The summed E-state index contributed by atoms with van der Waals surface area (Å²) in [6.45, 7) is 0.362. The van der Waals surface area contributed by atoms with Crippen molar-refractivity contribution in [2.75, 3.05) is 26.1 Å². The molecule has 0 radical (unpaired) electrons. The van der Waals surface area contributed by atoms with Gasteiger partial charge < -0.3 is 39.4 Å². The summed E-state index contributed by atoms with van der Waals surface area (Å²) in [6.07, 6.45) is -3.13. The first-order valence-electron chi connectivity index (χ1n) is 10.0. The van der Waals surface area contributed by atoms with E-state index in [9.17, 15) is 15.3 Å². The molecule has 11 heteroatoms. The molecule has 0 bridgehead atoms. The topological polar surface area (TPSA) is 131 Å². The Kier molecular flexibility index (Phi) is 6.91. The first-order valence-corrected chi connectivity index (χ1v) is 10.4. The first kappa shape index (κ1) is 22.9. The normalized spacial score (nSPS) is 24.3. The molecule has 5 atom stereocenters. The molecule has 1 aliphatic heterocycles. The average molecular weight is 465 g/mol. The van der Waals surface area contributed by atoms with E-state index < -0.39 is 36.9 Å². The molecule has 0 amide bonds. The molecule has 1 fully saturated rings. The number of aromatic nitrogens is 3. The number of halogens is 1. The monoisotopic (exact) mass is 464 g/mol. The molecule has 32 heavy (non-hydrogen) atoms. The highest BCUT2D eigenvalue weighted by molar-refractivity contribution is 6.30. The van der Waals surface area contributed by atoms with Crippen molar-refractivity contribution < 1.29 is 29.5 Å². The van der Waals surface area contributed by atoms with Gasteiger partial charge in [-0.05, 0) is 23.8 Å². The third-order valence-electron chi connectivity index (χ3n) is 5.54. The Bertz CT molecular complexity index is 1040. The van der Waals surface area contributed by atoms with Crippen molar-refractivity contribution in [2.45, 2.75) is 36.9 Å². The molecule has 3 aromatic rings. The number of hydrogen-bond acceptors (Lipinski definition) is 9. The Hall–Kier alpha value is -2.31. The number of ether oxygens (including phenoxy) is 3. The van der Waals surface area contributed by atoms with Gasteiger partial charge in [0.05, 0.1) is 11.9 Å². The number of hydrogen-bond donors (Lipinski definition) is 4. The smallest absolute Gasteiger partial charge is 0.173 e. The van der Waals surface area contributed by atoms with E-state index >= 15 is 0 Å². The number of rotatable bonds is 8. The maximum absolute atomic E-state index is 10.7. The van der Waals surface area contributed by atoms with Crippen LogP contribution in [0.1, 0.15) is 17.9 Å². The van der Waals surface area contributed by atoms with E-state index in [0.29, 0.717) is 34.0 Å². The van der Waals surface area contributed by atoms with Crippen LogP contribution < -0.4 is 5.32 Å². The minimum Gasteiger partial charge on any atom is -0.387 e. The molecule has 1 aromatic carbocycles. The van der Waals surface area contributed by atoms with Crippen molar-refractivity contribution in [3.8, 4) is 0 Å². The van der Waals surface area contributed by atoms with Crippen LogP contribution in [0.3, 0.4) is 0 Å². The fourth-order valence-corrected chi connectivity index (χ4v) is 3.91. The molecule has 0 spiro atoms. The Labute approximate surface area is 189 Å². The molecule has 3 heterocycles.